The summed E-state index contributed by atoms with van der Waals surface area (Å²) >= 11 is 0. The second-order valence-electron chi connectivity index (χ2n) is 9.90. The Morgan fingerprint density at radius 3 is 0.868 bits per heavy atom. The monoisotopic (exact) mass is 621 g/mol. The standard InChI is InChI=1S/C28H28P2.C7H8.Rh/c1-23(29(25-15-7-3-8-16-25)26-17-9-4-10-18-26)24(2)30(27-19-11-5-12-20-27)28-21-13-6-14-22-28;1-2-7-4-3-6(1)5-7;/h3-24H,1-2H3;1-4,6-7H,5H2;/t23-,24-;;/m0../s1. The van der Waals surface area contributed by atoms with Crippen LogP contribution in [0, 0.1) is 11.8 Å². The Bertz CT molecular complexity index is 1100. The Morgan fingerprint density at radius 1 is 0.447 bits per heavy atom. The second kappa shape index (κ2) is 14.3. The van der Waals surface area contributed by atoms with E-state index in [1.807, 2.05) is 0 Å². The summed E-state index contributed by atoms with van der Waals surface area (Å²) in [5.74, 6) is 1.62. The zero-order chi connectivity index (χ0) is 25.5. The maximum atomic E-state index is 2.47. The molecule has 0 nitrogen and oxygen atoms in total. The van der Waals surface area contributed by atoms with Crippen LogP contribution in [0.25, 0.3) is 0 Å². The molecule has 4 aromatic carbocycles. The van der Waals surface area contributed by atoms with E-state index in [9.17, 15) is 0 Å². The molecule has 0 fully saturated rings. The van der Waals surface area contributed by atoms with Gasteiger partial charge in [0.1, 0.15) is 0 Å². The van der Waals surface area contributed by atoms with Gasteiger partial charge in [0, 0.05) is 19.5 Å². The van der Waals surface area contributed by atoms with Crippen LogP contribution in [-0.2, 0) is 19.5 Å². The van der Waals surface area contributed by atoms with E-state index in [1.165, 1.54) is 27.6 Å². The van der Waals surface area contributed by atoms with E-state index in [4.69, 9.17) is 0 Å². The van der Waals surface area contributed by atoms with Crippen molar-refractivity contribution in [2.45, 2.75) is 31.6 Å². The Hall–Kier alpha value is -2.16. The maximum absolute atomic E-state index is 2.47. The molecule has 2 aliphatic carbocycles. The third-order valence-electron chi connectivity index (χ3n) is 7.41. The summed E-state index contributed by atoms with van der Waals surface area (Å²) in [7, 11) is -0.897. The van der Waals surface area contributed by atoms with Crippen LogP contribution in [0.3, 0.4) is 0 Å². The van der Waals surface area contributed by atoms with Crippen LogP contribution in [0.5, 0.6) is 0 Å². The molecule has 2 bridgehead atoms. The molecular weight excluding hydrogens is 585 g/mol. The Morgan fingerprint density at radius 2 is 0.684 bits per heavy atom. The quantitative estimate of drug-likeness (QED) is 0.112. The van der Waals surface area contributed by atoms with Crippen molar-refractivity contribution in [3.8, 4) is 0 Å². The number of hydrogen-bond donors (Lipinski definition) is 0. The summed E-state index contributed by atoms with van der Waals surface area (Å²) in [4.78, 5) is 0. The molecule has 3 heteroatoms. The smallest absolute Gasteiger partial charge is 0 e. The third kappa shape index (κ3) is 7.07. The van der Waals surface area contributed by atoms with E-state index in [0.29, 0.717) is 11.3 Å². The molecule has 0 aromatic heterocycles. The van der Waals surface area contributed by atoms with Gasteiger partial charge in [-0.2, -0.15) is 0 Å². The van der Waals surface area contributed by atoms with Crippen molar-refractivity contribution in [1.29, 1.82) is 0 Å². The molecule has 0 aliphatic heterocycles. The number of allylic oxidation sites excluding steroid dienone is 4. The minimum absolute atomic E-state index is 0. The van der Waals surface area contributed by atoms with E-state index in [1.54, 1.807) is 0 Å². The van der Waals surface area contributed by atoms with Crippen LogP contribution in [0.1, 0.15) is 20.3 Å². The predicted octanol–water partition coefficient (Wildman–Crippen LogP) is 7.78. The van der Waals surface area contributed by atoms with Crippen LogP contribution in [-0.4, -0.2) is 11.3 Å². The first-order valence-electron chi connectivity index (χ1n) is 13.4. The van der Waals surface area contributed by atoms with Crippen molar-refractivity contribution in [2.24, 2.45) is 11.8 Å². The molecule has 2 aliphatic rings. The molecule has 38 heavy (non-hydrogen) atoms. The Balaban J connectivity index is 0.000000359. The van der Waals surface area contributed by atoms with Crippen molar-refractivity contribution in [3.05, 3.63) is 146 Å². The largest absolute Gasteiger partial charge is 0.0810 e. The number of fused-ring (bicyclic) bond motifs is 2. The summed E-state index contributed by atoms with van der Waals surface area (Å²) in [6.45, 7) is 4.94. The van der Waals surface area contributed by atoms with Crippen LogP contribution in [0.4, 0.5) is 0 Å². The Labute approximate surface area is 244 Å². The van der Waals surface area contributed by atoms with E-state index in [-0.39, 0.29) is 19.5 Å². The topological polar surface area (TPSA) is 0 Å². The van der Waals surface area contributed by atoms with Crippen molar-refractivity contribution in [1.82, 2.24) is 0 Å². The van der Waals surface area contributed by atoms with Gasteiger partial charge in [0.25, 0.3) is 0 Å². The first kappa shape index (κ1) is 28.8. The molecule has 2 atom stereocenters. The van der Waals surface area contributed by atoms with Gasteiger partial charge in [-0.25, -0.2) is 0 Å². The summed E-state index contributed by atoms with van der Waals surface area (Å²) < 4.78 is 0. The number of rotatable bonds is 7. The molecule has 1 radical (unpaired) electrons. The minimum atomic E-state index is -0.448. The second-order valence-corrected chi connectivity index (χ2v) is 15.1. The SMILES string of the molecule is C1=CC2C=CC1C2.C[C@@H]([C@H](C)P(c1ccccc1)c1ccccc1)P(c1ccccc1)c1ccccc1.[Rh]. The van der Waals surface area contributed by atoms with Gasteiger partial charge < -0.3 is 0 Å². The molecule has 0 amide bonds. The molecule has 0 heterocycles. The van der Waals surface area contributed by atoms with Crippen LogP contribution < -0.4 is 21.2 Å². The number of benzene rings is 4. The van der Waals surface area contributed by atoms with Crippen molar-refractivity contribution in [3.63, 3.8) is 0 Å². The molecular formula is C35H36P2Rh. The molecule has 0 saturated carbocycles. The zero-order valence-corrected chi connectivity index (χ0v) is 25.5. The predicted molar refractivity (Wildman–Crippen MR) is 167 cm³/mol. The van der Waals surface area contributed by atoms with Gasteiger partial charge in [-0.15, -0.1) is 0 Å². The molecule has 0 unspecified atom stereocenters. The average molecular weight is 622 g/mol. The van der Waals surface area contributed by atoms with Gasteiger partial charge >= 0.3 is 0 Å². The van der Waals surface area contributed by atoms with Crippen LogP contribution in [0.15, 0.2) is 146 Å². The molecule has 195 valence electrons. The minimum Gasteiger partial charge on any atom is -0.0810 e. The van der Waals surface area contributed by atoms with Gasteiger partial charge in [-0.05, 0) is 66.6 Å². The number of hydrogen-bond acceptors (Lipinski definition) is 0. The van der Waals surface area contributed by atoms with Crippen molar-refractivity contribution in [2.75, 3.05) is 0 Å². The normalized spacial score (nSPS) is 18.5. The van der Waals surface area contributed by atoms with Gasteiger partial charge in [0.2, 0.25) is 0 Å². The van der Waals surface area contributed by atoms with Gasteiger partial charge in [0.15, 0.2) is 0 Å². The fourth-order valence-corrected chi connectivity index (χ4v) is 11.5. The first-order chi connectivity index (χ1) is 18.2. The van der Waals surface area contributed by atoms with E-state index in [0.717, 1.165) is 11.8 Å². The van der Waals surface area contributed by atoms with E-state index in [2.05, 4.69) is 159 Å². The summed E-state index contributed by atoms with van der Waals surface area (Å²) in [6, 6.07) is 44.5. The van der Waals surface area contributed by atoms with Crippen LogP contribution in [0.2, 0.25) is 0 Å². The fourth-order valence-electron chi connectivity index (χ4n) is 5.35. The van der Waals surface area contributed by atoms with E-state index >= 15 is 0 Å². The Kier molecular flexibility index (Phi) is 10.8. The fraction of sp³-hybridized carbons (Fsp3) is 0.200. The van der Waals surface area contributed by atoms with E-state index < -0.39 is 15.8 Å². The van der Waals surface area contributed by atoms with Gasteiger partial charge in [-0.3, -0.25) is 0 Å². The zero-order valence-electron chi connectivity index (χ0n) is 22.1. The molecule has 6 rings (SSSR count). The molecule has 0 spiro atoms. The van der Waals surface area contributed by atoms with Crippen LogP contribution >= 0.6 is 15.8 Å². The molecule has 0 saturated heterocycles. The van der Waals surface area contributed by atoms with Gasteiger partial charge in [-0.1, -0.05) is 159 Å². The third-order valence-corrected chi connectivity index (χ3v) is 13.6. The maximum Gasteiger partial charge on any atom is 0 e. The molecule has 4 aromatic rings. The summed E-state index contributed by atoms with van der Waals surface area (Å²) in [5.41, 5.74) is 1.10. The van der Waals surface area contributed by atoms with Gasteiger partial charge in [0.05, 0.1) is 0 Å². The first-order valence-corrected chi connectivity index (χ1v) is 16.2. The van der Waals surface area contributed by atoms with Crippen molar-refractivity contribution < 1.29 is 19.5 Å². The summed E-state index contributed by atoms with van der Waals surface area (Å²) in [5, 5.41) is 5.87. The molecule has 0 N–H and O–H groups in total. The summed E-state index contributed by atoms with van der Waals surface area (Å²) in [6.07, 6.45) is 10.5. The van der Waals surface area contributed by atoms with Crippen molar-refractivity contribution >= 4 is 37.1 Å². The average Bonchev–Trinajstić information content (AvgIpc) is 3.63.